The highest BCUT2D eigenvalue weighted by Crippen LogP contribution is 2.33. The minimum atomic E-state index is -4.67. The minimum absolute atomic E-state index is 0.133. The number of carbonyl (C=O) groups is 1. The summed E-state index contributed by atoms with van der Waals surface area (Å²) in [4.78, 5) is 15.3. The molecule has 2 atom stereocenters. The number of nitrogens with zero attached hydrogens (tertiary/aromatic N) is 2. The standard InChI is InChI=1S/C29H32F3N3O3S/c1-21-8-7-17-34(19-21)25-15-13-23(14-16-25)22(2)33-28(36)20-35(39(37,38)27-11-4-3-5-12-27)26-10-6-9-24(18-26)29(30,31)32/h3-6,9-16,18,21-22H,7-8,17,19-20H2,1-2H3,(H,33,36). The van der Waals surface area contributed by atoms with Gasteiger partial charge in [0.05, 0.1) is 22.2 Å². The summed E-state index contributed by atoms with van der Waals surface area (Å²) in [7, 11) is -4.33. The van der Waals surface area contributed by atoms with Crippen molar-refractivity contribution in [2.45, 2.75) is 43.8 Å². The van der Waals surface area contributed by atoms with Crippen LogP contribution in [0, 0.1) is 5.92 Å². The number of nitrogens with one attached hydrogen (secondary N) is 1. The van der Waals surface area contributed by atoms with Crippen molar-refractivity contribution in [3.63, 3.8) is 0 Å². The lowest BCUT2D eigenvalue weighted by Gasteiger charge is -2.33. The van der Waals surface area contributed by atoms with Crippen LogP contribution in [0.2, 0.25) is 0 Å². The van der Waals surface area contributed by atoms with Crippen molar-refractivity contribution < 1.29 is 26.4 Å². The molecule has 208 valence electrons. The van der Waals surface area contributed by atoms with Crippen molar-refractivity contribution in [3.05, 3.63) is 90.0 Å². The van der Waals surface area contributed by atoms with E-state index < -0.39 is 40.3 Å². The fraction of sp³-hybridized carbons (Fsp3) is 0.345. The molecule has 0 spiro atoms. The Hall–Kier alpha value is -3.53. The molecule has 2 unspecified atom stereocenters. The van der Waals surface area contributed by atoms with Gasteiger partial charge in [0.15, 0.2) is 0 Å². The van der Waals surface area contributed by atoms with Crippen LogP contribution in [0.5, 0.6) is 0 Å². The zero-order chi connectivity index (χ0) is 28.2. The first-order chi connectivity index (χ1) is 18.4. The van der Waals surface area contributed by atoms with E-state index in [-0.39, 0.29) is 10.6 Å². The molecular weight excluding hydrogens is 527 g/mol. The lowest BCUT2D eigenvalue weighted by molar-refractivity contribution is -0.137. The van der Waals surface area contributed by atoms with Crippen molar-refractivity contribution in [3.8, 4) is 0 Å². The predicted molar refractivity (Wildman–Crippen MR) is 146 cm³/mol. The van der Waals surface area contributed by atoms with Gasteiger partial charge in [0, 0.05) is 18.8 Å². The minimum Gasteiger partial charge on any atom is -0.371 e. The van der Waals surface area contributed by atoms with Gasteiger partial charge in [-0.2, -0.15) is 13.2 Å². The molecule has 4 rings (SSSR count). The van der Waals surface area contributed by atoms with Gasteiger partial charge in [-0.15, -0.1) is 0 Å². The van der Waals surface area contributed by atoms with Crippen LogP contribution in [0.1, 0.15) is 43.9 Å². The van der Waals surface area contributed by atoms with Gasteiger partial charge < -0.3 is 10.2 Å². The molecule has 0 bridgehead atoms. The molecule has 1 heterocycles. The number of sulfonamides is 1. The first kappa shape index (κ1) is 28.5. The molecule has 3 aromatic rings. The van der Waals surface area contributed by atoms with Crippen molar-refractivity contribution in [2.24, 2.45) is 5.92 Å². The van der Waals surface area contributed by atoms with Crippen LogP contribution < -0.4 is 14.5 Å². The molecule has 1 aliphatic heterocycles. The second-order valence-electron chi connectivity index (χ2n) is 9.95. The van der Waals surface area contributed by atoms with Gasteiger partial charge in [0.2, 0.25) is 5.91 Å². The van der Waals surface area contributed by atoms with Crippen LogP contribution >= 0.6 is 0 Å². The number of alkyl halides is 3. The van der Waals surface area contributed by atoms with E-state index in [0.29, 0.717) is 10.2 Å². The van der Waals surface area contributed by atoms with Gasteiger partial charge in [-0.3, -0.25) is 9.10 Å². The average Bonchev–Trinajstić information content (AvgIpc) is 2.92. The number of piperidine rings is 1. The summed E-state index contributed by atoms with van der Waals surface area (Å²) in [6, 6.07) is 18.7. The van der Waals surface area contributed by atoms with Gasteiger partial charge >= 0.3 is 6.18 Å². The van der Waals surface area contributed by atoms with Gasteiger partial charge in [-0.25, -0.2) is 8.42 Å². The Morgan fingerprint density at radius 3 is 2.38 bits per heavy atom. The average molecular weight is 560 g/mol. The largest absolute Gasteiger partial charge is 0.416 e. The van der Waals surface area contributed by atoms with Crippen LogP contribution in [-0.2, 0) is 21.0 Å². The Morgan fingerprint density at radius 2 is 1.74 bits per heavy atom. The smallest absolute Gasteiger partial charge is 0.371 e. The Bertz CT molecular complexity index is 1380. The van der Waals surface area contributed by atoms with Crippen LogP contribution in [-0.4, -0.2) is 34.0 Å². The molecule has 1 fully saturated rings. The number of halogens is 3. The maximum absolute atomic E-state index is 13.5. The number of carbonyl (C=O) groups excluding carboxylic acids is 1. The molecule has 6 nitrogen and oxygen atoms in total. The molecule has 0 aliphatic carbocycles. The SMILES string of the molecule is CC1CCCN(c2ccc(C(C)NC(=O)CN(c3cccc(C(F)(F)F)c3)S(=O)(=O)c3ccccc3)cc2)C1. The molecule has 0 saturated carbocycles. The summed E-state index contributed by atoms with van der Waals surface area (Å²) in [5.41, 5.74) is 0.670. The first-order valence-electron chi connectivity index (χ1n) is 12.8. The third kappa shape index (κ3) is 6.92. The lowest BCUT2D eigenvalue weighted by atomic mass is 9.99. The van der Waals surface area contributed by atoms with E-state index in [1.54, 1.807) is 13.0 Å². The first-order valence-corrected chi connectivity index (χ1v) is 14.3. The highest BCUT2D eigenvalue weighted by Gasteiger charge is 2.33. The molecule has 3 aromatic carbocycles. The van der Waals surface area contributed by atoms with Crippen LogP contribution in [0.3, 0.4) is 0 Å². The Balaban J connectivity index is 1.54. The second-order valence-corrected chi connectivity index (χ2v) is 11.8. The fourth-order valence-corrected chi connectivity index (χ4v) is 6.20. The van der Waals surface area contributed by atoms with E-state index in [1.807, 2.05) is 24.3 Å². The van der Waals surface area contributed by atoms with Gasteiger partial charge in [-0.05, 0) is 73.7 Å². The van der Waals surface area contributed by atoms with E-state index in [0.717, 1.165) is 49.0 Å². The van der Waals surface area contributed by atoms with E-state index in [2.05, 4.69) is 17.1 Å². The molecule has 10 heteroatoms. The Kier molecular flexibility index (Phi) is 8.54. The van der Waals surface area contributed by atoms with E-state index in [1.165, 1.54) is 36.8 Å². The summed E-state index contributed by atoms with van der Waals surface area (Å²) in [5, 5.41) is 2.79. The fourth-order valence-electron chi connectivity index (χ4n) is 4.77. The molecule has 1 saturated heterocycles. The van der Waals surface area contributed by atoms with E-state index in [9.17, 15) is 26.4 Å². The maximum Gasteiger partial charge on any atom is 0.416 e. The van der Waals surface area contributed by atoms with Gasteiger partial charge in [0.1, 0.15) is 6.54 Å². The molecular formula is C29H32F3N3O3S. The molecule has 0 aromatic heterocycles. The summed E-state index contributed by atoms with van der Waals surface area (Å²) in [5.74, 6) is -0.0167. The predicted octanol–water partition coefficient (Wildman–Crippen LogP) is 6.01. The van der Waals surface area contributed by atoms with Gasteiger partial charge in [0.25, 0.3) is 10.0 Å². The van der Waals surface area contributed by atoms with Crippen molar-refractivity contribution >= 4 is 27.3 Å². The monoisotopic (exact) mass is 559 g/mol. The number of anilines is 2. The Labute approximate surface area is 227 Å². The Morgan fingerprint density at radius 1 is 1.05 bits per heavy atom. The highest BCUT2D eigenvalue weighted by atomic mass is 32.2. The zero-order valence-corrected chi connectivity index (χ0v) is 22.7. The third-order valence-corrected chi connectivity index (χ3v) is 8.66. The van der Waals surface area contributed by atoms with Crippen LogP contribution in [0.15, 0.2) is 83.8 Å². The van der Waals surface area contributed by atoms with E-state index >= 15 is 0 Å². The number of amides is 1. The summed E-state index contributed by atoms with van der Waals surface area (Å²) in [6.45, 7) is 5.31. The highest BCUT2D eigenvalue weighted by molar-refractivity contribution is 7.92. The molecule has 1 amide bonds. The quantitative estimate of drug-likeness (QED) is 0.367. The normalized spacial score (nSPS) is 16.9. The van der Waals surface area contributed by atoms with Crippen molar-refractivity contribution in [1.29, 1.82) is 0 Å². The number of rotatable bonds is 8. The van der Waals surface area contributed by atoms with E-state index in [4.69, 9.17) is 0 Å². The summed E-state index contributed by atoms with van der Waals surface area (Å²) < 4.78 is 67.8. The third-order valence-electron chi connectivity index (χ3n) is 6.87. The number of hydrogen-bond donors (Lipinski definition) is 1. The molecule has 1 aliphatic rings. The summed E-state index contributed by atoms with van der Waals surface area (Å²) in [6.07, 6.45) is -2.31. The number of benzene rings is 3. The topological polar surface area (TPSA) is 69.7 Å². The maximum atomic E-state index is 13.5. The molecule has 1 N–H and O–H groups in total. The molecule has 0 radical (unpaired) electrons. The van der Waals surface area contributed by atoms with Crippen molar-refractivity contribution in [1.82, 2.24) is 5.32 Å². The van der Waals surface area contributed by atoms with Crippen LogP contribution in [0.4, 0.5) is 24.5 Å². The lowest BCUT2D eigenvalue weighted by Crippen LogP contribution is -2.41. The summed E-state index contributed by atoms with van der Waals surface area (Å²) >= 11 is 0. The van der Waals surface area contributed by atoms with Gasteiger partial charge in [-0.1, -0.05) is 43.3 Å². The van der Waals surface area contributed by atoms with Crippen LogP contribution in [0.25, 0.3) is 0 Å². The zero-order valence-electron chi connectivity index (χ0n) is 21.9. The molecule has 39 heavy (non-hydrogen) atoms. The van der Waals surface area contributed by atoms with Crippen molar-refractivity contribution in [2.75, 3.05) is 28.8 Å². The second kappa shape index (κ2) is 11.7. The number of hydrogen-bond acceptors (Lipinski definition) is 4.